The highest BCUT2D eigenvalue weighted by molar-refractivity contribution is 5.49. The minimum absolute atomic E-state index is 0.272. The zero-order valence-electron chi connectivity index (χ0n) is 14.0. The second kappa shape index (κ2) is 4.97. The second-order valence-electron chi connectivity index (χ2n) is 7.69. The molecule has 22 heavy (non-hydrogen) atoms. The van der Waals surface area contributed by atoms with Crippen LogP contribution in [0.2, 0.25) is 0 Å². The van der Waals surface area contributed by atoms with Gasteiger partial charge in [0.1, 0.15) is 5.75 Å². The standard InChI is InChI=1S/C19H27NO2/c1-18-6-9-20(2)17(13-18)19(7-10-22-11-8-19)15-5-4-14(21-3)12-16(15)18/h4-5,12,17H,6-11,13H2,1-3H3. The topological polar surface area (TPSA) is 21.7 Å². The maximum absolute atomic E-state index is 5.71. The van der Waals surface area contributed by atoms with Crippen LogP contribution in [0.4, 0.5) is 0 Å². The van der Waals surface area contributed by atoms with Gasteiger partial charge >= 0.3 is 0 Å². The van der Waals surface area contributed by atoms with Gasteiger partial charge in [-0.25, -0.2) is 0 Å². The number of fused-ring (bicyclic) bond motifs is 6. The summed E-state index contributed by atoms with van der Waals surface area (Å²) in [5, 5.41) is 0. The molecule has 3 heteroatoms. The number of likely N-dealkylation sites (N-methyl/N-ethyl adjacent to an activating group) is 1. The maximum atomic E-state index is 5.71. The number of rotatable bonds is 1. The first-order valence-electron chi connectivity index (χ1n) is 8.56. The van der Waals surface area contributed by atoms with Crippen molar-refractivity contribution in [3.05, 3.63) is 29.3 Å². The van der Waals surface area contributed by atoms with Gasteiger partial charge in [-0.1, -0.05) is 13.0 Å². The first kappa shape index (κ1) is 14.5. The van der Waals surface area contributed by atoms with E-state index in [1.165, 1.54) is 24.9 Å². The van der Waals surface area contributed by atoms with Crippen LogP contribution in [-0.4, -0.2) is 44.9 Å². The van der Waals surface area contributed by atoms with E-state index in [9.17, 15) is 0 Å². The molecule has 1 spiro atoms. The van der Waals surface area contributed by atoms with Crippen LogP contribution < -0.4 is 4.74 Å². The molecule has 2 saturated heterocycles. The number of hydrogen-bond acceptors (Lipinski definition) is 3. The molecule has 3 aliphatic rings. The molecule has 2 heterocycles. The Bertz CT molecular complexity index is 579. The van der Waals surface area contributed by atoms with E-state index in [-0.39, 0.29) is 5.41 Å². The Morgan fingerprint density at radius 1 is 1.18 bits per heavy atom. The molecule has 2 atom stereocenters. The lowest BCUT2D eigenvalue weighted by Crippen LogP contribution is -2.61. The number of benzene rings is 1. The van der Waals surface area contributed by atoms with Crippen molar-refractivity contribution in [2.24, 2.45) is 0 Å². The van der Waals surface area contributed by atoms with Crippen LogP contribution in [-0.2, 0) is 15.6 Å². The fourth-order valence-corrected chi connectivity index (χ4v) is 5.23. The fourth-order valence-electron chi connectivity index (χ4n) is 5.23. The van der Waals surface area contributed by atoms with Crippen LogP contribution in [0.15, 0.2) is 18.2 Å². The molecule has 1 aromatic rings. The SMILES string of the molecule is COc1ccc2c(c1)C1(C)CCN(C)C(C1)C21CCOCC1. The Balaban J connectivity index is 1.92. The molecule has 3 nitrogen and oxygen atoms in total. The van der Waals surface area contributed by atoms with Gasteiger partial charge in [-0.2, -0.15) is 0 Å². The third-order valence-corrected chi connectivity index (χ3v) is 6.63. The molecular weight excluding hydrogens is 274 g/mol. The lowest BCUT2D eigenvalue weighted by atomic mass is 9.53. The second-order valence-corrected chi connectivity index (χ2v) is 7.69. The van der Waals surface area contributed by atoms with E-state index in [1.807, 2.05) is 0 Å². The van der Waals surface area contributed by atoms with Gasteiger partial charge in [0.15, 0.2) is 0 Å². The Hall–Kier alpha value is -1.06. The van der Waals surface area contributed by atoms with Crippen molar-refractivity contribution in [2.75, 3.05) is 33.9 Å². The summed E-state index contributed by atoms with van der Waals surface area (Å²) in [6.07, 6.45) is 4.81. The van der Waals surface area contributed by atoms with Crippen molar-refractivity contribution in [1.29, 1.82) is 0 Å². The minimum Gasteiger partial charge on any atom is -0.497 e. The molecule has 2 bridgehead atoms. The molecule has 0 amide bonds. The molecule has 2 aliphatic heterocycles. The Labute approximate surface area is 133 Å². The normalized spacial score (nSPS) is 33.5. The van der Waals surface area contributed by atoms with Gasteiger partial charge in [0.25, 0.3) is 0 Å². The van der Waals surface area contributed by atoms with Crippen LogP contribution in [0.25, 0.3) is 0 Å². The van der Waals surface area contributed by atoms with Crippen LogP contribution in [0.5, 0.6) is 5.75 Å². The average Bonchev–Trinajstić information content (AvgIpc) is 2.56. The number of likely N-dealkylation sites (tertiary alicyclic amines) is 1. The highest BCUT2D eigenvalue weighted by atomic mass is 16.5. The Morgan fingerprint density at radius 2 is 1.95 bits per heavy atom. The van der Waals surface area contributed by atoms with Gasteiger partial charge in [0.2, 0.25) is 0 Å². The van der Waals surface area contributed by atoms with Crippen LogP contribution in [0, 0.1) is 0 Å². The fraction of sp³-hybridized carbons (Fsp3) is 0.684. The smallest absolute Gasteiger partial charge is 0.119 e. The molecule has 1 aromatic carbocycles. The van der Waals surface area contributed by atoms with E-state index in [1.54, 1.807) is 12.7 Å². The van der Waals surface area contributed by atoms with E-state index in [2.05, 4.69) is 37.1 Å². The third kappa shape index (κ3) is 1.88. The summed E-state index contributed by atoms with van der Waals surface area (Å²) in [7, 11) is 4.09. The highest BCUT2D eigenvalue weighted by Crippen LogP contribution is 2.55. The molecule has 0 aromatic heterocycles. The Kier molecular flexibility index (Phi) is 3.28. The van der Waals surface area contributed by atoms with E-state index < -0.39 is 0 Å². The van der Waals surface area contributed by atoms with E-state index in [0.29, 0.717) is 11.5 Å². The molecular formula is C19H27NO2. The van der Waals surface area contributed by atoms with Crippen molar-refractivity contribution in [3.63, 3.8) is 0 Å². The van der Waals surface area contributed by atoms with Gasteiger partial charge < -0.3 is 14.4 Å². The van der Waals surface area contributed by atoms with Crippen molar-refractivity contribution >= 4 is 0 Å². The third-order valence-electron chi connectivity index (χ3n) is 6.63. The number of hydrogen-bond donors (Lipinski definition) is 0. The monoisotopic (exact) mass is 301 g/mol. The van der Waals surface area contributed by atoms with Crippen LogP contribution in [0.3, 0.4) is 0 Å². The average molecular weight is 301 g/mol. The number of ether oxygens (including phenoxy) is 2. The lowest BCUT2D eigenvalue weighted by Gasteiger charge is -2.59. The quantitative estimate of drug-likeness (QED) is 0.795. The van der Waals surface area contributed by atoms with Gasteiger partial charge in [-0.15, -0.1) is 0 Å². The number of piperidine rings is 1. The summed E-state index contributed by atoms with van der Waals surface area (Å²) in [6, 6.07) is 7.47. The van der Waals surface area contributed by atoms with Crippen molar-refractivity contribution in [3.8, 4) is 5.75 Å². The first-order valence-corrected chi connectivity index (χ1v) is 8.56. The summed E-state index contributed by atoms with van der Waals surface area (Å²) in [5.74, 6) is 1.000. The molecule has 1 aliphatic carbocycles. The van der Waals surface area contributed by atoms with Crippen molar-refractivity contribution in [2.45, 2.75) is 49.5 Å². The zero-order chi connectivity index (χ0) is 15.4. The molecule has 0 radical (unpaired) electrons. The number of nitrogens with zero attached hydrogens (tertiary/aromatic N) is 1. The van der Waals surface area contributed by atoms with Crippen LogP contribution >= 0.6 is 0 Å². The predicted molar refractivity (Wildman–Crippen MR) is 87.7 cm³/mol. The minimum atomic E-state index is 0.272. The molecule has 2 fully saturated rings. The molecule has 4 rings (SSSR count). The maximum Gasteiger partial charge on any atom is 0.119 e. The van der Waals surface area contributed by atoms with Gasteiger partial charge in [-0.05, 0) is 68.0 Å². The highest BCUT2D eigenvalue weighted by Gasteiger charge is 2.54. The lowest BCUT2D eigenvalue weighted by molar-refractivity contribution is -0.0254. The summed E-state index contributed by atoms with van der Waals surface area (Å²) >= 11 is 0. The van der Waals surface area contributed by atoms with E-state index >= 15 is 0 Å². The van der Waals surface area contributed by atoms with Crippen molar-refractivity contribution in [1.82, 2.24) is 4.90 Å². The van der Waals surface area contributed by atoms with E-state index in [4.69, 9.17) is 9.47 Å². The van der Waals surface area contributed by atoms with E-state index in [0.717, 1.165) is 31.8 Å². The summed E-state index contributed by atoms with van der Waals surface area (Å²) in [6.45, 7) is 5.44. The van der Waals surface area contributed by atoms with Gasteiger partial charge in [0, 0.05) is 24.7 Å². The number of methoxy groups -OCH3 is 1. The molecule has 120 valence electrons. The van der Waals surface area contributed by atoms with Gasteiger partial charge in [0.05, 0.1) is 7.11 Å². The van der Waals surface area contributed by atoms with Crippen molar-refractivity contribution < 1.29 is 9.47 Å². The largest absolute Gasteiger partial charge is 0.497 e. The predicted octanol–water partition coefficient (Wildman–Crippen LogP) is 3.11. The molecule has 0 N–H and O–H groups in total. The zero-order valence-corrected chi connectivity index (χ0v) is 14.0. The van der Waals surface area contributed by atoms with Gasteiger partial charge in [-0.3, -0.25) is 0 Å². The summed E-state index contributed by atoms with van der Waals surface area (Å²) in [5.41, 5.74) is 3.68. The summed E-state index contributed by atoms with van der Waals surface area (Å²) < 4.78 is 11.2. The molecule has 0 saturated carbocycles. The molecule has 2 unspecified atom stereocenters. The first-order chi connectivity index (χ1) is 10.6. The van der Waals surface area contributed by atoms with Crippen LogP contribution in [0.1, 0.15) is 43.7 Å². The summed E-state index contributed by atoms with van der Waals surface area (Å²) in [4.78, 5) is 2.61. The Morgan fingerprint density at radius 3 is 2.68 bits per heavy atom.